The van der Waals surface area contributed by atoms with Crippen molar-refractivity contribution in [3.05, 3.63) is 0 Å². The molecular weight excluding hydrogens is 375 g/mol. The summed E-state index contributed by atoms with van der Waals surface area (Å²) < 4.78 is 10.3. The van der Waals surface area contributed by atoms with Crippen LogP contribution in [0.15, 0.2) is 4.99 Å². The Balaban J connectivity index is 0.00000361. The van der Waals surface area contributed by atoms with Gasteiger partial charge in [-0.15, -0.1) is 24.0 Å². The van der Waals surface area contributed by atoms with E-state index in [-0.39, 0.29) is 24.0 Å². The molecule has 1 fully saturated rings. The number of hydrogen-bond donors (Lipinski definition) is 2. The van der Waals surface area contributed by atoms with Crippen LogP contribution in [0, 0.1) is 0 Å². The molecule has 3 N–H and O–H groups in total. The maximum atomic E-state index is 11.4. The van der Waals surface area contributed by atoms with Crippen molar-refractivity contribution in [3.63, 3.8) is 0 Å². The van der Waals surface area contributed by atoms with E-state index < -0.39 is 11.7 Å². The molecule has 8 heteroatoms. The van der Waals surface area contributed by atoms with Gasteiger partial charge in [-0.1, -0.05) is 0 Å². The maximum Gasteiger partial charge on any atom is 0.407 e. The number of carbonyl (C=O) groups excluding carboxylic acids is 1. The number of ether oxygens (including phenoxy) is 2. The molecule has 0 aliphatic carbocycles. The van der Waals surface area contributed by atoms with Crippen molar-refractivity contribution in [2.75, 3.05) is 39.4 Å². The Kier molecular flexibility index (Phi) is 8.86. The third kappa shape index (κ3) is 8.41. The summed E-state index contributed by atoms with van der Waals surface area (Å²) in [7, 11) is 0. The number of rotatable bonds is 3. The van der Waals surface area contributed by atoms with Gasteiger partial charge < -0.3 is 25.4 Å². The fraction of sp³-hybridized carbons (Fsp3) is 0.833. The summed E-state index contributed by atoms with van der Waals surface area (Å²) in [5, 5.41) is 2.63. The van der Waals surface area contributed by atoms with Crippen molar-refractivity contribution in [1.29, 1.82) is 0 Å². The molecule has 1 amide bonds. The van der Waals surface area contributed by atoms with Gasteiger partial charge in [-0.3, -0.25) is 4.99 Å². The summed E-state index contributed by atoms with van der Waals surface area (Å²) in [5.74, 6) is 0.495. The number of halogens is 1. The SMILES string of the molecule is CC(C)(C)OC(=O)NCCN=C(N)N1CCOCC1.I. The van der Waals surface area contributed by atoms with Gasteiger partial charge in [-0.25, -0.2) is 4.79 Å². The second kappa shape index (κ2) is 9.22. The van der Waals surface area contributed by atoms with Gasteiger partial charge in [0.1, 0.15) is 5.60 Å². The van der Waals surface area contributed by atoms with E-state index in [2.05, 4.69) is 10.3 Å². The molecule has 0 spiro atoms. The van der Waals surface area contributed by atoms with Crippen LogP contribution in [0.5, 0.6) is 0 Å². The van der Waals surface area contributed by atoms with Crippen LogP contribution in [-0.2, 0) is 9.47 Å². The predicted molar refractivity (Wildman–Crippen MR) is 88.5 cm³/mol. The van der Waals surface area contributed by atoms with E-state index >= 15 is 0 Å². The zero-order valence-electron chi connectivity index (χ0n) is 12.3. The number of morpholine rings is 1. The molecule has 0 radical (unpaired) electrons. The molecule has 0 aromatic heterocycles. The Morgan fingerprint density at radius 3 is 2.55 bits per heavy atom. The molecule has 0 aromatic carbocycles. The Bertz CT molecular complexity index is 325. The standard InChI is InChI=1S/C12H24N4O3.HI/c1-12(2,3)19-11(17)15-5-4-14-10(13)16-6-8-18-9-7-16;/h4-9H2,1-3H3,(H2,13,14)(H,15,17);1H. The summed E-state index contributed by atoms with van der Waals surface area (Å²) in [6, 6.07) is 0. The molecule has 1 rings (SSSR count). The average molecular weight is 400 g/mol. The van der Waals surface area contributed by atoms with E-state index in [0.717, 1.165) is 13.1 Å². The van der Waals surface area contributed by atoms with Crippen molar-refractivity contribution < 1.29 is 14.3 Å². The fourth-order valence-corrected chi connectivity index (χ4v) is 1.54. The molecular formula is C12H25IN4O3. The largest absolute Gasteiger partial charge is 0.444 e. The van der Waals surface area contributed by atoms with Crippen molar-refractivity contribution in [2.24, 2.45) is 10.7 Å². The van der Waals surface area contributed by atoms with Gasteiger partial charge in [0.15, 0.2) is 5.96 Å². The molecule has 1 saturated heterocycles. The van der Waals surface area contributed by atoms with E-state index in [9.17, 15) is 4.79 Å². The van der Waals surface area contributed by atoms with E-state index in [1.54, 1.807) is 0 Å². The van der Waals surface area contributed by atoms with Crippen LogP contribution in [0.1, 0.15) is 20.8 Å². The van der Waals surface area contributed by atoms with Gasteiger partial charge in [-0.05, 0) is 20.8 Å². The smallest absolute Gasteiger partial charge is 0.407 e. The highest BCUT2D eigenvalue weighted by atomic mass is 127. The lowest BCUT2D eigenvalue weighted by molar-refractivity contribution is 0.0529. The lowest BCUT2D eigenvalue weighted by atomic mass is 10.2. The van der Waals surface area contributed by atoms with Crippen molar-refractivity contribution in [3.8, 4) is 0 Å². The normalized spacial score (nSPS) is 16.4. The molecule has 0 unspecified atom stereocenters. The maximum absolute atomic E-state index is 11.4. The number of nitrogens with two attached hydrogens (primary N) is 1. The van der Waals surface area contributed by atoms with E-state index in [0.29, 0.717) is 32.3 Å². The van der Waals surface area contributed by atoms with Gasteiger partial charge in [0.05, 0.1) is 19.8 Å². The fourth-order valence-electron chi connectivity index (χ4n) is 1.54. The molecule has 118 valence electrons. The molecule has 0 atom stereocenters. The Morgan fingerprint density at radius 2 is 2.00 bits per heavy atom. The van der Waals surface area contributed by atoms with E-state index in [4.69, 9.17) is 15.2 Å². The predicted octanol–water partition coefficient (Wildman–Crippen LogP) is 0.776. The summed E-state index contributed by atoms with van der Waals surface area (Å²) >= 11 is 0. The first-order valence-corrected chi connectivity index (χ1v) is 6.48. The second-order valence-electron chi connectivity index (χ2n) is 5.27. The second-order valence-corrected chi connectivity index (χ2v) is 5.27. The highest BCUT2D eigenvalue weighted by Gasteiger charge is 2.15. The topological polar surface area (TPSA) is 89.2 Å². The zero-order valence-corrected chi connectivity index (χ0v) is 14.7. The van der Waals surface area contributed by atoms with Crippen molar-refractivity contribution in [2.45, 2.75) is 26.4 Å². The van der Waals surface area contributed by atoms with Crippen LogP contribution >= 0.6 is 24.0 Å². The van der Waals surface area contributed by atoms with Crippen molar-refractivity contribution in [1.82, 2.24) is 10.2 Å². The lowest BCUT2D eigenvalue weighted by Gasteiger charge is -2.27. The minimum atomic E-state index is -0.486. The first-order valence-electron chi connectivity index (χ1n) is 6.48. The molecule has 1 aliphatic rings. The molecule has 7 nitrogen and oxygen atoms in total. The van der Waals surface area contributed by atoms with Gasteiger partial charge >= 0.3 is 6.09 Å². The summed E-state index contributed by atoms with van der Waals surface area (Å²) in [6.45, 7) is 9.16. The van der Waals surface area contributed by atoms with E-state index in [1.807, 2.05) is 25.7 Å². The van der Waals surface area contributed by atoms with Crippen LogP contribution in [0.3, 0.4) is 0 Å². The first kappa shape index (κ1) is 19.2. The summed E-state index contributed by atoms with van der Waals surface area (Å²) in [4.78, 5) is 17.5. The number of nitrogens with zero attached hydrogens (tertiary/aromatic N) is 2. The van der Waals surface area contributed by atoms with Crippen LogP contribution in [0.25, 0.3) is 0 Å². The van der Waals surface area contributed by atoms with Gasteiger partial charge in [0.25, 0.3) is 0 Å². The van der Waals surface area contributed by atoms with Crippen molar-refractivity contribution >= 4 is 36.0 Å². The van der Waals surface area contributed by atoms with Gasteiger partial charge in [0.2, 0.25) is 0 Å². The number of alkyl carbamates (subject to hydrolysis) is 1. The number of hydrogen-bond acceptors (Lipinski definition) is 4. The van der Waals surface area contributed by atoms with E-state index in [1.165, 1.54) is 0 Å². The first-order chi connectivity index (χ1) is 8.88. The molecule has 0 bridgehead atoms. The minimum Gasteiger partial charge on any atom is -0.444 e. The minimum absolute atomic E-state index is 0. The number of nitrogens with one attached hydrogen (secondary N) is 1. The quantitative estimate of drug-likeness (QED) is 0.316. The highest BCUT2D eigenvalue weighted by molar-refractivity contribution is 14.0. The monoisotopic (exact) mass is 400 g/mol. The Labute approximate surface area is 137 Å². The number of carbonyl (C=O) groups is 1. The number of guanidine groups is 1. The third-order valence-corrected chi connectivity index (χ3v) is 2.39. The Morgan fingerprint density at radius 1 is 1.40 bits per heavy atom. The Hall–Kier alpha value is -0.770. The molecule has 20 heavy (non-hydrogen) atoms. The molecule has 1 heterocycles. The van der Waals surface area contributed by atoms with Gasteiger partial charge in [-0.2, -0.15) is 0 Å². The third-order valence-electron chi connectivity index (χ3n) is 2.39. The molecule has 0 saturated carbocycles. The van der Waals surface area contributed by atoms with Gasteiger partial charge in [0, 0.05) is 19.6 Å². The van der Waals surface area contributed by atoms with Crippen LogP contribution in [0.2, 0.25) is 0 Å². The summed E-state index contributed by atoms with van der Waals surface area (Å²) in [6.07, 6.45) is -0.437. The van der Waals surface area contributed by atoms with Crippen LogP contribution in [-0.4, -0.2) is 61.9 Å². The number of amides is 1. The molecule has 0 aromatic rings. The number of aliphatic imine (C=N–C) groups is 1. The van der Waals surface area contributed by atoms with Crippen LogP contribution < -0.4 is 11.1 Å². The van der Waals surface area contributed by atoms with Crippen LogP contribution in [0.4, 0.5) is 4.79 Å². The highest BCUT2D eigenvalue weighted by Crippen LogP contribution is 2.06. The molecule has 1 aliphatic heterocycles. The average Bonchev–Trinajstić information content (AvgIpc) is 2.33. The lowest BCUT2D eigenvalue weighted by Crippen LogP contribution is -2.45. The summed E-state index contributed by atoms with van der Waals surface area (Å²) in [5.41, 5.74) is 5.36. The zero-order chi connectivity index (χ0) is 14.3.